The maximum Gasteiger partial charge on any atom is 0.202 e. The smallest absolute Gasteiger partial charge is 0.202 e. The third-order valence-corrected chi connectivity index (χ3v) is 2.60. The van der Waals surface area contributed by atoms with Gasteiger partial charge in [0.1, 0.15) is 0 Å². The Balaban J connectivity index is 2.10. The highest BCUT2D eigenvalue weighted by molar-refractivity contribution is 5.87. The van der Waals surface area contributed by atoms with Crippen LogP contribution in [0.3, 0.4) is 0 Å². The zero-order valence-corrected chi connectivity index (χ0v) is 10.4. The lowest BCUT2D eigenvalue weighted by Gasteiger charge is -2.04. The van der Waals surface area contributed by atoms with Crippen LogP contribution in [-0.2, 0) is 6.42 Å². The van der Waals surface area contributed by atoms with E-state index in [4.69, 9.17) is 5.11 Å². The first kappa shape index (κ1) is 13.2. The van der Waals surface area contributed by atoms with Gasteiger partial charge in [-0.25, -0.2) is 0 Å². The topological polar surface area (TPSA) is 72.4 Å². The van der Waals surface area contributed by atoms with Crippen LogP contribution in [0, 0.1) is 0 Å². The van der Waals surface area contributed by atoms with Crippen molar-refractivity contribution in [1.82, 2.24) is 4.98 Å². The molecule has 2 heterocycles. The van der Waals surface area contributed by atoms with Crippen molar-refractivity contribution in [3.8, 4) is 0 Å². The molecule has 0 atom stereocenters. The van der Waals surface area contributed by atoms with E-state index in [1.165, 1.54) is 4.68 Å². The van der Waals surface area contributed by atoms with E-state index in [0.29, 0.717) is 5.69 Å². The molecule has 0 unspecified atom stereocenters. The minimum Gasteiger partial charge on any atom is -0.853 e. The molecule has 0 aromatic carbocycles. The number of aromatic nitrogens is 2. The zero-order valence-electron chi connectivity index (χ0n) is 10.4. The summed E-state index contributed by atoms with van der Waals surface area (Å²) in [6, 6.07) is 8.88. The molecular formula is C14H15N3O2. The van der Waals surface area contributed by atoms with Crippen molar-refractivity contribution in [1.29, 1.82) is 0 Å². The lowest BCUT2D eigenvalue weighted by Crippen LogP contribution is -2.33. The van der Waals surface area contributed by atoms with Crippen LogP contribution in [-0.4, -0.2) is 22.6 Å². The zero-order chi connectivity index (χ0) is 13.5. The molecule has 0 spiro atoms. The summed E-state index contributed by atoms with van der Waals surface area (Å²) in [5, 5.41) is 24.5. The number of rotatable bonds is 5. The molecule has 2 aromatic heterocycles. The van der Waals surface area contributed by atoms with Gasteiger partial charge in [0.05, 0.1) is 11.6 Å². The molecule has 0 aliphatic rings. The van der Waals surface area contributed by atoms with E-state index < -0.39 is 0 Å². The summed E-state index contributed by atoms with van der Waals surface area (Å²) in [5.74, 6) is -0.381. The molecule has 5 nitrogen and oxygen atoms in total. The Labute approximate surface area is 111 Å². The molecule has 0 saturated carbocycles. The molecular weight excluding hydrogens is 242 g/mol. The van der Waals surface area contributed by atoms with Crippen molar-refractivity contribution >= 4 is 5.90 Å². The summed E-state index contributed by atoms with van der Waals surface area (Å²) in [7, 11) is 0. The van der Waals surface area contributed by atoms with Crippen LogP contribution in [0.4, 0.5) is 0 Å². The van der Waals surface area contributed by atoms with Gasteiger partial charge in [0.2, 0.25) is 12.4 Å². The molecule has 5 heteroatoms. The molecule has 0 bridgehead atoms. The SMILES string of the molecule is [O-]/C(=N\[n+]1ccc(CCCO)cc1)c1ccccn1. The van der Waals surface area contributed by atoms with Gasteiger partial charge in [-0.15, -0.1) is 0 Å². The Hall–Kier alpha value is -2.27. The van der Waals surface area contributed by atoms with E-state index in [1.54, 1.807) is 36.8 Å². The fraction of sp³-hybridized carbons (Fsp3) is 0.214. The van der Waals surface area contributed by atoms with Gasteiger partial charge in [-0.2, -0.15) is 0 Å². The van der Waals surface area contributed by atoms with Gasteiger partial charge in [-0.3, -0.25) is 4.98 Å². The van der Waals surface area contributed by atoms with Crippen LogP contribution < -0.4 is 9.78 Å². The lowest BCUT2D eigenvalue weighted by atomic mass is 10.1. The monoisotopic (exact) mass is 257 g/mol. The first-order valence-electron chi connectivity index (χ1n) is 6.08. The van der Waals surface area contributed by atoms with Gasteiger partial charge in [0.15, 0.2) is 0 Å². The molecule has 0 fully saturated rings. The summed E-state index contributed by atoms with van der Waals surface area (Å²) in [5.41, 5.74) is 1.42. The van der Waals surface area contributed by atoms with Crippen LogP contribution in [0.2, 0.25) is 0 Å². The van der Waals surface area contributed by atoms with Crippen molar-refractivity contribution in [3.63, 3.8) is 0 Å². The lowest BCUT2D eigenvalue weighted by molar-refractivity contribution is -0.681. The van der Waals surface area contributed by atoms with Crippen molar-refractivity contribution in [3.05, 3.63) is 60.2 Å². The van der Waals surface area contributed by atoms with E-state index in [1.807, 2.05) is 12.1 Å². The molecule has 1 N–H and O–H groups in total. The average molecular weight is 257 g/mol. The van der Waals surface area contributed by atoms with E-state index in [2.05, 4.69) is 10.1 Å². The highest BCUT2D eigenvalue weighted by Crippen LogP contribution is 1.99. The minimum atomic E-state index is -0.381. The predicted octanol–water partition coefficient (Wildman–Crippen LogP) is -0.136. The summed E-state index contributed by atoms with van der Waals surface area (Å²) < 4.78 is 1.46. The molecule has 0 saturated heterocycles. The van der Waals surface area contributed by atoms with Crippen LogP contribution in [0.25, 0.3) is 0 Å². The highest BCUT2D eigenvalue weighted by Gasteiger charge is 2.01. The molecule has 98 valence electrons. The van der Waals surface area contributed by atoms with E-state index in [0.717, 1.165) is 18.4 Å². The Morgan fingerprint density at radius 1 is 1.26 bits per heavy atom. The number of pyridine rings is 2. The van der Waals surface area contributed by atoms with E-state index in [-0.39, 0.29) is 12.5 Å². The quantitative estimate of drug-likeness (QED) is 0.460. The molecule has 2 aromatic rings. The second-order valence-corrected chi connectivity index (χ2v) is 4.03. The number of hydrogen-bond acceptors (Lipinski definition) is 4. The largest absolute Gasteiger partial charge is 0.853 e. The highest BCUT2D eigenvalue weighted by atomic mass is 16.3. The van der Waals surface area contributed by atoms with E-state index >= 15 is 0 Å². The van der Waals surface area contributed by atoms with Gasteiger partial charge < -0.3 is 10.2 Å². The first-order valence-corrected chi connectivity index (χ1v) is 6.08. The average Bonchev–Trinajstić information content (AvgIpc) is 2.47. The Kier molecular flexibility index (Phi) is 4.58. The number of aliphatic hydroxyl groups is 1. The van der Waals surface area contributed by atoms with Crippen molar-refractivity contribution in [2.45, 2.75) is 12.8 Å². The predicted molar refractivity (Wildman–Crippen MR) is 68.2 cm³/mol. The standard InChI is InChI=1S/C14H15N3O2/c18-11-3-4-12-6-9-17(10-7-12)16-14(19)13-5-1-2-8-15-13/h1-2,5-10,18H,3-4,11H2. The second kappa shape index (κ2) is 6.61. The van der Waals surface area contributed by atoms with Crippen LogP contribution >= 0.6 is 0 Å². The number of nitrogens with zero attached hydrogens (tertiary/aromatic N) is 3. The Bertz CT molecular complexity index is 538. The molecule has 0 amide bonds. The minimum absolute atomic E-state index is 0.178. The molecule has 2 rings (SSSR count). The number of aryl methyl sites for hydroxylation is 1. The van der Waals surface area contributed by atoms with E-state index in [9.17, 15) is 5.11 Å². The maximum atomic E-state index is 11.8. The van der Waals surface area contributed by atoms with Crippen LogP contribution in [0.1, 0.15) is 17.7 Å². The number of aliphatic hydroxyl groups excluding tert-OH is 1. The molecule has 0 aliphatic heterocycles. The molecule has 0 radical (unpaired) electrons. The summed E-state index contributed by atoms with van der Waals surface area (Å²) >= 11 is 0. The van der Waals surface area contributed by atoms with Crippen LogP contribution in [0.15, 0.2) is 54.0 Å². The van der Waals surface area contributed by atoms with Gasteiger partial charge in [-0.05, 0) is 35.6 Å². The summed E-state index contributed by atoms with van der Waals surface area (Å²) in [4.78, 5) is 3.95. The van der Waals surface area contributed by atoms with Gasteiger partial charge >= 0.3 is 0 Å². The normalized spacial score (nSPS) is 11.5. The summed E-state index contributed by atoms with van der Waals surface area (Å²) in [6.45, 7) is 0.178. The van der Waals surface area contributed by atoms with Gasteiger partial charge in [0, 0.05) is 24.9 Å². The Morgan fingerprint density at radius 3 is 2.68 bits per heavy atom. The van der Waals surface area contributed by atoms with Gasteiger partial charge in [-0.1, -0.05) is 10.7 Å². The second-order valence-electron chi connectivity index (χ2n) is 4.03. The molecule has 0 aliphatic carbocycles. The fourth-order valence-electron chi connectivity index (χ4n) is 1.61. The van der Waals surface area contributed by atoms with Crippen molar-refractivity contribution in [2.75, 3.05) is 6.61 Å². The third-order valence-electron chi connectivity index (χ3n) is 2.60. The number of hydrogen-bond donors (Lipinski definition) is 1. The summed E-state index contributed by atoms with van der Waals surface area (Å²) in [6.07, 6.45) is 6.53. The first-order chi connectivity index (χ1) is 9.29. The van der Waals surface area contributed by atoms with Crippen LogP contribution in [0.5, 0.6) is 0 Å². The third kappa shape index (κ3) is 3.86. The Morgan fingerprint density at radius 2 is 2.05 bits per heavy atom. The fourth-order valence-corrected chi connectivity index (χ4v) is 1.61. The maximum absolute atomic E-state index is 11.8. The van der Waals surface area contributed by atoms with Gasteiger partial charge in [0.25, 0.3) is 0 Å². The molecule has 19 heavy (non-hydrogen) atoms. The van der Waals surface area contributed by atoms with Crippen molar-refractivity contribution in [2.24, 2.45) is 5.10 Å². The van der Waals surface area contributed by atoms with Crippen molar-refractivity contribution < 1.29 is 14.9 Å².